The molecule has 0 spiro atoms. The van der Waals surface area contributed by atoms with E-state index in [0.29, 0.717) is 0 Å². The maximum absolute atomic E-state index is 2.41. The third-order valence-corrected chi connectivity index (χ3v) is 13.9. The van der Waals surface area contributed by atoms with Crippen molar-refractivity contribution in [3.8, 4) is 0 Å². The molecule has 0 radical (unpaired) electrons. The second-order valence-corrected chi connectivity index (χ2v) is 15.5. The molecule has 7 aromatic carbocycles. The van der Waals surface area contributed by atoms with Gasteiger partial charge in [-0.15, -0.1) is 0 Å². The molecule has 2 heteroatoms. The van der Waals surface area contributed by atoms with Gasteiger partial charge in [0.2, 0.25) is 0 Å². The molecule has 45 heavy (non-hydrogen) atoms. The minimum absolute atomic E-state index is 0.485. The number of benzene rings is 7. The van der Waals surface area contributed by atoms with Crippen molar-refractivity contribution in [1.82, 2.24) is 0 Å². The molecule has 7 aromatic rings. The van der Waals surface area contributed by atoms with E-state index in [1.807, 2.05) is 0 Å². The van der Waals surface area contributed by atoms with Crippen LogP contribution in [0.2, 0.25) is 0 Å². The molecule has 0 aliphatic rings. The summed E-state index contributed by atoms with van der Waals surface area (Å²) < 4.78 is 0. The SMILES string of the molecule is c1ccc(P(c2ccccc2)c2ccccc2C(c2ccccc2)(c2ccccc2)P(c2ccccc2)c2ccccc2)cc1. The van der Waals surface area contributed by atoms with Gasteiger partial charge in [0.25, 0.3) is 0 Å². The molecule has 0 saturated carbocycles. The fourth-order valence-electron chi connectivity index (χ4n) is 6.46. The third kappa shape index (κ3) is 5.69. The maximum atomic E-state index is 2.41. The van der Waals surface area contributed by atoms with Gasteiger partial charge in [-0.2, -0.15) is 0 Å². The van der Waals surface area contributed by atoms with Gasteiger partial charge in [0.1, 0.15) is 0 Å². The van der Waals surface area contributed by atoms with Gasteiger partial charge < -0.3 is 0 Å². The summed E-state index contributed by atoms with van der Waals surface area (Å²) in [4.78, 5) is 0. The summed E-state index contributed by atoms with van der Waals surface area (Å²) in [5, 5.41) is 6.31. The second-order valence-electron chi connectivity index (χ2n) is 11.0. The van der Waals surface area contributed by atoms with Gasteiger partial charge in [0, 0.05) is 0 Å². The molecule has 0 amide bonds. The highest BCUT2D eigenvalue weighted by molar-refractivity contribution is 7.80. The number of hydrogen-bond donors (Lipinski definition) is 0. The summed E-state index contributed by atoms with van der Waals surface area (Å²) in [6.07, 6.45) is 0. The van der Waals surface area contributed by atoms with E-state index in [-0.39, 0.29) is 0 Å². The molecule has 0 aliphatic heterocycles. The molecular formula is C43H34P2. The quantitative estimate of drug-likeness (QED) is 0.113. The highest BCUT2D eigenvalue weighted by atomic mass is 31.1. The Bertz CT molecular complexity index is 1810. The molecule has 0 fully saturated rings. The maximum Gasteiger partial charge on any atom is 0.0738 e. The highest BCUT2D eigenvalue weighted by Crippen LogP contribution is 2.62. The van der Waals surface area contributed by atoms with Gasteiger partial charge in [-0.1, -0.05) is 206 Å². The van der Waals surface area contributed by atoms with E-state index in [0.717, 1.165) is 0 Å². The Labute approximate surface area is 269 Å². The van der Waals surface area contributed by atoms with Crippen LogP contribution in [0.1, 0.15) is 16.7 Å². The van der Waals surface area contributed by atoms with Crippen molar-refractivity contribution in [3.05, 3.63) is 223 Å². The molecule has 0 aliphatic carbocycles. The van der Waals surface area contributed by atoms with Gasteiger partial charge in [-0.05, 0) is 59.1 Å². The van der Waals surface area contributed by atoms with Crippen molar-refractivity contribution in [2.45, 2.75) is 5.16 Å². The van der Waals surface area contributed by atoms with Crippen LogP contribution in [0.5, 0.6) is 0 Å². The standard InChI is InChI=1S/C43H34P2/c1-7-21-35(22-8-1)43(36-23-9-2-10-24-36,45(39-29-15-5-16-30-39)40-31-17-6-18-32-40)41-33-19-20-34-42(41)44(37-25-11-3-12-26-37)38-27-13-4-14-28-38/h1-34H. The predicted octanol–water partition coefficient (Wildman–Crippen LogP) is 8.87. The van der Waals surface area contributed by atoms with Crippen LogP contribution in [0.4, 0.5) is 0 Å². The Hall–Kier alpha value is -4.60. The van der Waals surface area contributed by atoms with E-state index < -0.39 is 21.0 Å². The fraction of sp³-hybridized carbons (Fsp3) is 0.0233. The Morgan fingerprint density at radius 2 is 0.600 bits per heavy atom. The molecule has 0 nitrogen and oxygen atoms in total. The molecule has 0 bridgehead atoms. The zero-order chi connectivity index (χ0) is 30.3. The predicted molar refractivity (Wildman–Crippen MR) is 197 cm³/mol. The highest BCUT2D eigenvalue weighted by Gasteiger charge is 2.47. The lowest BCUT2D eigenvalue weighted by atomic mass is 9.84. The lowest BCUT2D eigenvalue weighted by Crippen LogP contribution is -2.39. The molecule has 216 valence electrons. The van der Waals surface area contributed by atoms with Crippen molar-refractivity contribution >= 4 is 42.4 Å². The Morgan fingerprint density at radius 1 is 0.289 bits per heavy atom. The average Bonchev–Trinajstić information content (AvgIpc) is 3.13. The van der Waals surface area contributed by atoms with Crippen molar-refractivity contribution in [1.29, 1.82) is 0 Å². The monoisotopic (exact) mass is 612 g/mol. The van der Waals surface area contributed by atoms with Crippen LogP contribution in [0.3, 0.4) is 0 Å². The van der Waals surface area contributed by atoms with Gasteiger partial charge in [0.05, 0.1) is 5.16 Å². The van der Waals surface area contributed by atoms with Crippen LogP contribution in [0.15, 0.2) is 206 Å². The molecule has 0 saturated heterocycles. The van der Waals surface area contributed by atoms with Gasteiger partial charge >= 0.3 is 0 Å². The summed E-state index contributed by atoms with van der Waals surface area (Å²) in [6, 6.07) is 76.3. The summed E-state index contributed by atoms with van der Waals surface area (Å²) in [6.45, 7) is 0. The molecule has 0 N–H and O–H groups in total. The van der Waals surface area contributed by atoms with E-state index in [1.54, 1.807) is 0 Å². The first-order chi connectivity index (χ1) is 22.4. The summed E-state index contributed by atoms with van der Waals surface area (Å²) in [5.74, 6) is 0. The van der Waals surface area contributed by atoms with Crippen LogP contribution in [-0.4, -0.2) is 0 Å². The smallest absolute Gasteiger partial charge is 0.0622 e. The van der Waals surface area contributed by atoms with E-state index in [2.05, 4.69) is 206 Å². The molecule has 0 unspecified atom stereocenters. The normalized spacial score (nSPS) is 11.5. The topological polar surface area (TPSA) is 0 Å². The average molecular weight is 613 g/mol. The Morgan fingerprint density at radius 3 is 1.00 bits per heavy atom. The zero-order valence-corrected chi connectivity index (χ0v) is 26.8. The van der Waals surface area contributed by atoms with Crippen LogP contribution in [-0.2, 0) is 5.16 Å². The van der Waals surface area contributed by atoms with Gasteiger partial charge in [0.15, 0.2) is 0 Å². The van der Waals surface area contributed by atoms with Crippen LogP contribution >= 0.6 is 15.8 Å². The lowest BCUT2D eigenvalue weighted by Gasteiger charge is -2.45. The van der Waals surface area contributed by atoms with Crippen molar-refractivity contribution in [2.75, 3.05) is 0 Å². The third-order valence-electron chi connectivity index (χ3n) is 8.31. The molecule has 0 heterocycles. The van der Waals surface area contributed by atoms with Crippen LogP contribution in [0.25, 0.3) is 0 Å². The second kappa shape index (κ2) is 13.6. The summed E-state index contributed by atoms with van der Waals surface area (Å²) in [7, 11) is -1.86. The first-order valence-electron chi connectivity index (χ1n) is 15.4. The molecule has 0 aromatic heterocycles. The van der Waals surface area contributed by atoms with Gasteiger partial charge in [-0.3, -0.25) is 0 Å². The largest absolute Gasteiger partial charge is 0.0738 e. The summed E-state index contributed by atoms with van der Waals surface area (Å²) in [5.41, 5.74) is 3.97. The van der Waals surface area contributed by atoms with E-state index in [9.17, 15) is 0 Å². The van der Waals surface area contributed by atoms with Crippen molar-refractivity contribution in [2.24, 2.45) is 0 Å². The molecular weight excluding hydrogens is 578 g/mol. The zero-order valence-electron chi connectivity index (χ0n) is 25.0. The minimum atomic E-state index is -0.996. The van der Waals surface area contributed by atoms with Crippen molar-refractivity contribution < 1.29 is 0 Å². The van der Waals surface area contributed by atoms with Crippen molar-refractivity contribution in [3.63, 3.8) is 0 Å². The van der Waals surface area contributed by atoms with E-state index >= 15 is 0 Å². The van der Waals surface area contributed by atoms with Crippen LogP contribution < -0.4 is 26.5 Å². The Balaban J connectivity index is 1.65. The van der Waals surface area contributed by atoms with Crippen LogP contribution in [0, 0.1) is 0 Å². The number of rotatable bonds is 9. The fourth-order valence-corrected chi connectivity index (χ4v) is 12.3. The lowest BCUT2D eigenvalue weighted by molar-refractivity contribution is 0.892. The Kier molecular flexibility index (Phi) is 8.79. The summed E-state index contributed by atoms with van der Waals surface area (Å²) >= 11 is 0. The van der Waals surface area contributed by atoms with E-state index in [4.69, 9.17) is 0 Å². The number of hydrogen-bond acceptors (Lipinski definition) is 0. The molecule has 0 atom stereocenters. The first-order valence-corrected chi connectivity index (χ1v) is 18.1. The minimum Gasteiger partial charge on any atom is -0.0622 e. The van der Waals surface area contributed by atoms with Gasteiger partial charge in [-0.25, -0.2) is 0 Å². The first kappa shape index (κ1) is 29.1. The van der Waals surface area contributed by atoms with E-state index in [1.165, 1.54) is 43.2 Å². The molecule has 7 rings (SSSR count).